The van der Waals surface area contributed by atoms with Crippen molar-refractivity contribution >= 4 is 11.6 Å². The molecule has 1 nitrogen and oxygen atoms in total. The molecule has 1 atom stereocenters. The van der Waals surface area contributed by atoms with Gasteiger partial charge in [0.2, 0.25) is 0 Å². The van der Waals surface area contributed by atoms with E-state index in [1.165, 1.54) is 6.07 Å². The summed E-state index contributed by atoms with van der Waals surface area (Å²) in [6.07, 6.45) is 1.81. The Morgan fingerprint density at radius 1 is 1.50 bits per heavy atom. The second-order valence-electron chi connectivity index (χ2n) is 3.11. The summed E-state index contributed by atoms with van der Waals surface area (Å²) in [6, 6.07) is 3.13. The molecule has 0 saturated carbocycles. The average Bonchev–Trinajstić information content (AvgIpc) is 2.35. The van der Waals surface area contributed by atoms with Crippen LogP contribution >= 0.6 is 11.6 Å². The number of rotatable bonds is 0. The second-order valence-corrected chi connectivity index (χ2v) is 3.52. The summed E-state index contributed by atoms with van der Waals surface area (Å²) in [4.78, 5) is 0. The first-order valence-electron chi connectivity index (χ1n) is 3.92. The number of hydrogen-bond donors (Lipinski definition) is 1. The first kappa shape index (κ1) is 8.02. The predicted octanol–water partition coefficient (Wildman–Crippen LogP) is 2.43. The van der Waals surface area contributed by atoms with Gasteiger partial charge in [0.05, 0.1) is 5.02 Å². The number of benzene rings is 1. The van der Waals surface area contributed by atoms with Crippen LogP contribution in [-0.4, -0.2) is 0 Å². The molecule has 0 bridgehead atoms. The van der Waals surface area contributed by atoms with Gasteiger partial charge >= 0.3 is 0 Å². The molecule has 0 heterocycles. The van der Waals surface area contributed by atoms with Crippen molar-refractivity contribution < 1.29 is 4.39 Å². The highest BCUT2D eigenvalue weighted by molar-refractivity contribution is 6.30. The lowest BCUT2D eigenvalue weighted by Crippen LogP contribution is -2.05. The molecule has 1 unspecified atom stereocenters. The van der Waals surface area contributed by atoms with E-state index in [0.29, 0.717) is 0 Å². The van der Waals surface area contributed by atoms with Crippen molar-refractivity contribution in [1.29, 1.82) is 0 Å². The van der Waals surface area contributed by atoms with Crippen molar-refractivity contribution in [2.45, 2.75) is 18.9 Å². The lowest BCUT2D eigenvalue weighted by atomic mass is 10.1. The van der Waals surface area contributed by atoms with E-state index in [9.17, 15) is 4.39 Å². The van der Waals surface area contributed by atoms with E-state index < -0.39 is 0 Å². The summed E-state index contributed by atoms with van der Waals surface area (Å²) in [5.41, 5.74) is 7.76. The standard InChI is InChI=1S/C9H9ClFN/c10-7-3-5-1-2-9(12)6(5)4-8(7)11/h3-4,9H,1-2,12H2. The van der Waals surface area contributed by atoms with Gasteiger partial charge in [0.25, 0.3) is 0 Å². The van der Waals surface area contributed by atoms with Gasteiger partial charge in [-0.15, -0.1) is 0 Å². The van der Waals surface area contributed by atoms with Crippen molar-refractivity contribution in [2.24, 2.45) is 5.73 Å². The second kappa shape index (κ2) is 2.71. The van der Waals surface area contributed by atoms with Gasteiger partial charge in [-0.05, 0) is 36.1 Å². The van der Waals surface area contributed by atoms with Crippen LogP contribution in [0.1, 0.15) is 23.6 Å². The molecule has 3 heteroatoms. The van der Waals surface area contributed by atoms with Crippen LogP contribution in [0.3, 0.4) is 0 Å². The SMILES string of the molecule is NC1CCc2cc(Cl)c(F)cc21. The monoisotopic (exact) mass is 185 g/mol. The Hall–Kier alpha value is -0.600. The molecular formula is C9H9ClFN. The molecule has 0 saturated heterocycles. The molecule has 1 aromatic carbocycles. The Labute approximate surface area is 75.3 Å². The Morgan fingerprint density at radius 2 is 2.25 bits per heavy atom. The van der Waals surface area contributed by atoms with Gasteiger partial charge in [-0.2, -0.15) is 0 Å². The molecule has 0 spiro atoms. The summed E-state index contributed by atoms with van der Waals surface area (Å²) in [7, 11) is 0. The lowest BCUT2D eigenvalue weighted by molar-refractivity contribution is 0.622. The van der Waals surface area contributed by atoms with Crippen molar-refractivity contribution in [1.82, 2.24) is 0 Å². The maximum atomic E-state index is 13.0. The number of aryl methyl sites for hydroxylation is 1. The number of halogens is 2. The minimum atomic E-state index is -0.368. The third kappa shape index (κ3) is 1.11. The molecule has 2 N–H and O–H groups in total. The minimum Gasteiger partial charge on any atom is -0.324 e. The first-order chi connectivity index (χ1) is 5.68. The first-order valence-corrected chi connectivity index (χ1v) is 4.29. The molecule has 1 aliphatic rings. The molecule has 64 valence electrons. The topological polar surface area (TPSA) is 26.0 Å². The van der Waals surface area contributed by atoms with Crippen LogP contribution in [0.5, 0.6) is 0 Å². The normalized spacial score (nSPS) is 21.1. The third-order valence-electron chi connectivity index (χ3n) is 2.31. The zero-order chi connectivity index (χ0) is 8.72. The number of nitrogens with two attached hydrogens (primary N) is 1. The molecular weight excluding hydrogens is 177 g/mol. The zero-order valence-electron chi connectivity index (χ0n) is 6.48. The molecule has 0 radical (unpaired) electrons. The molecule has 0 fully saturated rings. The van der Waals surface area contributed by atoms with E-state index in [0.717, 1.165) is 24.0 Å². The van der Waals surface area contributed by atoms with Crippen molar-refractivity contribution in [3.05, 3.63) is 34.1 Å². The Morgan fingerprint density at radius 3 is 3.00 bits per heavy atom. The molecule has 12 heavy (non-hydrogen) atoms. The van der Waals surface area contributed by atoms with Crippen LogP contribution in [0.4, 0.5) is 4.39 Å². The average molecular weight is 186 g/mol. The van der Waals surface area contributed by atoms with Gasteiger partial charge in [0.1, 0.15) is 5.82 Å². The van der Waals surface area contributed by atoms with Crippen molar-refractivity contribution in [3.63, 3.8) is 0 Å². The highest BCUT2D eigenvalue weighted by Crippen LogP contribution is 2.32. The fourth-order valence-electron chi connectivity index (χ4n) is 1.63. The van der Waals surface area contributed by atoms with Gasteiger partial charge in [-0.3, -0.25) is 0 Å². The van der Waals surface area contributed by atoms with Crippen molar-refractivity contribution in [2.75, 3.05) is 0 Å². The quantitative estimate of drug-likeness (QED) is 0.660. The highest BCUT2D eigenvalue weighted by atomic mass is 35.5. The molecule has 0 aromatic heterocycles. The summed E-state index contributed by atoms with van der Waals surface area (Å²) < 4.78 is 13.0. The van der Waals surface area contributed by atoms with Gasteiger partial charge in [-0.1, -0.05) is 11.6 Å². The number of hydrogen-bond acceptors (Lipinski definition) is 1. The molecule has 0 amide bonds. The van der Waals surface area contributed by atoms with Crippen LogP contribution in [0, 0.1) is 5.82 Å². The van der Waals surface area contributed by atoms with E-state index >= 15 is 0 Å². The van der Waals surface area contributed by atoms with E-state index in [4.69, 9.17) is 17.3 Å². The minimum absolute atomic E-state index is 0.00762. The van der Waals surface area contributed by atoms with Gasteiger partial charge in [0.15, 0.2) is 0 Å². The molecule has 1 aliphatic carbocycles. The Balaban J connectivity index is 2.56. The zero-order valence-corrected chi connectivity index (χ0v) is 7.24. The van der Waals surface area contributed by atoms with E-state index in [1.807, 2.05) is 0 Å². The highest BCUT2D eigenvalue weighted by Gasteiger charge is 2.20. The van der Waals surface area contributed by atoms with Gasteiger partial charge in [-0.25, -0.2) is 4.39 Å². The fraction of sp³-hybridized carbons (Fsp3) is 0.333. The molecule has 0 aliphatic heterocycles. The van der Waals surface area contributed by atoms with Crippen LogP contribution in [0.25, 0.3) is 0 Å². The van der Waals surface area contributed by atoms with Crippen LogP contribution < -0.4 is 5.73 Å². The summed E-state index contributed by atoms with van der Waals surface area (Å²) in [6.45, 7) is 0. The largest absolute Gasteiger partial charge is 0.324 e. The summed E-state index contributed by atoms with van der Waals surface area (Å²) in [5, 5.41) is 0.197. The smallest absolute Gasteiger partial charge is 0.142 e. The Bertz CT molecular complexity index is 325. The third-order valence-corrected chi connectivity index (χ3v) is 2.60. The van der Waals surface area contributed by atoms with Crippen LogP contribution in [0.2, 0.25) is 5.02 Å². The summed E-state index contributed by atoms with van der Waals surface area (Å²) >= 11 is 5.62. The lowest BCUT2D eigenvalue weighted by Gasteiger charge is -2.04. The maximum absolute atomic E-state index is 13.0. The maximum Gasteiger partial charge on any atom is 0.142 e. The summed E-state index contributed by atoms with van der Waals surface area (Å²) in [5.74, 6) is -0.368. The number of fused-ring (bicyclic) bond motifs is 1. The fourth-order valence-corrected chi connectivity index (χ4v) is 1.82. The van der Waals surface area contributed by atoms with E-state index in [2.05, 4.69) is 0 Å². The molecule has 1 aromatic rings. The van der Waals surface area contributed by atoms with Gasteiger partial charge < -0.3 is 5.73 Å². The Kier molecular flexibility index (Phi) is 1.81. The van der Waals surface area contributed by atoms with Gasteiger partial charge in [0, 0.05) is 6.04 Å². The van der Waals surface area contributed by atoms with E-state index in [1.54, 1.807) is 6.07 Å². The predicted molar refractivity (Wildman–Crippen MR) is 46.7 cm³/mol. The van der Waals surface area contributed by atoms with Crippen molar-refractivity contribution in [3.8, 4) is 0 Å². The van der Waals surface area contributed by atoms with Crippen LogP contribution in [-0.2, 0) is 6.42 Å². The van der Waals surface area contributed by atoms with Crippen LogP contribution in [0.15, 0.2) is 12.1 Å². The van der Waals surface area contributed by atoms with E-state index in [-0.39, 0.29) is 16.9 Å². The molecule has 2 rings (SSSR count).